The molecule has 18 heavy (non-hydrogen) atoms. The summed E-state index contributed by atoms with van der Waals surface area (Å²) in [4.78, 5) is 11.2. The number of nitrogens with one attached hydrogen (secondary N) is 1. The van der Waals surface area contributed by atoms with Crippen LogP contribution in [0.5, 0.6) is 11.5 Å². The number of hydrogen-bond acceptors (Lipinski definition) is 4. The molecule has 0 amide bonds. The molecule has 1 N–H and O–H groups in total. The fourth-order valence-corrected chi connectivity index (χ4v) is 2.14. The zero-order valence-electron chi connectivity index (χ0n) is 10.9. The van der Waals surface area contributed by atoms with Crippen LogP contribution in [0.4, 0.5) is 0 Å². The fourth-order valence-electron chi connectivity index (χ4n) is 2.14. The largest absolute Gasteiger partial charge is 0.493 e. The van der Waals surface area contributed by atoms with E-state index < -0.39 is 0 Å². The zero-order valence-corrected chi connectivity index (χ0v) is 10.9. The Labute approximate surface area is 107 Å². The first-order chi connectivity index (χ1) is 8.65. The Kier molecular flexibility index (Phi) is 3.55. The van der Waals surface area contributed by atoms with E-state index in [0.717, 1.165) is 30.0 Å². The summed E-state index contributed by atoms with van der Waals surface area (Å²) in [5.74, 6) is 1.43. The van der Waals surface area contributed by atoms with Crippen LogP contribution in [0, 0.1) is 0 Å². The van der Waals surface area contributed by atoms with E-state index in [1.165, 1.54) is 5.56 Å². The standard InChI is InChI=1S/C14H17NO3/c1-9(16)6-12-11-8-14(18-3)13(17-2)7-10(11)4-5-15-12/h6-8,15H,4-5H2,1-3H3. The van der Waals surface area contributed by atoms with E-state index in [-0.39, 0.29) is 5.78 Å². The Hall–Kier alpha value is -1.97. The Morgan fingerprint density at radius 2 is 1.94 bits per heavy atom. The Bertz CT molecular complexity index is 506. The van der Waals surface area contributed by atoms with Crippen molar-refractivity contribution in [2.24, 2.45) is 0 Å². The van der Waals surface area contributed by atoms with Crippen LogP contribution in [0.25, 0.3) is 5.70 Å². The molecule has 0 fully saturated rings. The van der Waals surface area contributed by atoms with Gasteiger partial charge in [-0.3, -0.25) is 4.79 Å². The maximum absolute atomic E-state index is 11.2. The monoisotopic (exact) mass is 247 g/mol. The van der Waals surface area contributed by atoms with E-state index in [2.05, 4.69) is 5.32 Å². The molecule has 1 aromatic carbocycles. The van der Waals surface area contributed by atoms with Crippen molar-refractivity contribution in [2.45, 2.75) is 13.3 Å². The summed E-state index contributed by atoms with van der Waals surface area (Å²) in [6.45, 7) is 2.37. The van der Waals surface area contributed by atoms with Gasteiger partial charge in [-0.25, -0.2) is 0 Å². The molecule has 96 valence electrons. The molecule has 1 heterocycles. The highest BCUT2D eigenvalue weighted by Crippen LogP contribution is 2.34. The maximum atomic E-state index is 11.2. The molecule has 4 heteroatoms. The van der Waals surface area contributed by atoms with Crippen molar-refractivity contribution < 1.29 is 14.3 Å². The quantitative estimate of drug-likeness (QED) is 0.827. The van der Waals surface area contributed by atoms with Crippen LogP contribution in [0.15, 0.2) is 18.2 Å². The van der Waals surface area contributed by atoms with Crippen molar-refractivity contribution >= 4 is 11.5 Å². The lowest BCUT2D eigenvalue weighted by Crippen LogP contribution is -2.23. The fraction of sp³-hybridized carbons (Fsp3) is 0.357. The molecule has 1 aliphatic rings. The van der Waals surface area contributed by atoms with Gasteiger partial charge >= 0.3 is 0 Å². The SMILES string of the molecule is COc1cc2c(cc1OC)C(=CC(C)=O)NCC2. The first kappa shape index (κ1) is 12.5. The molecule has 0 saturated carbocycles. The van der Waals surface area contributed by atoms with Gasteiger partial charge in [-0.05, 0) is 31.0 Å². The summed E-state index contributed by atoms with van der Waals surface area (Å²) < 4.78 is 10.6. The lowest BCUT2D eigenvalue weighted by molar-refractivity contribution is -0.112. The number of carbonyl (C=O) groups is 1. The summed E-state index contributed by atoms with van der Waals surface area (Å²) in [6.07, 6.45) is 2.52. The van der Waals surface area contributed by atoms with Gasteiger partial charge in [-0.2, -0.15) is 0 Å². The molecule has 0 aliphatic carbocycles. The van der Waals surface area contributed by atoms with E-state index in [1.54, 1.807) is 27.2 Å². The minimum absolute atomic E-state index is 0.0279. The minimum Gasteiger partial charge on any atom is -0.493 e. The van der Waals surface area contributed by atoms with Gasteiger partial charge in [0.1, 0.15) is 0 Å². The molecule has 0 spiro atoms. The highest BCUT2D eigenvalue weighted by Gasteiger charge is 2.18. The van der Waals surface area contributed by atoms with Crippen LogP contribution in [0.3, 0.4) is 0 Å². The van der Waals surface area contributed by atoms with Crippen LogP contribution in [-0.2, 0) is 11.2 Å². The summed E-state index contributed by atoms with van der Waals surface area (Å²) in [5, 5.41) is 3.24. The van der Waals surface area contributed by atoms with Crippen LogP contribution < -0.4 is 14.8 Å². The topological polar surface area (TPSA) is 47.6 Å². The molecular weight excluding hydrogens is 230 g/mol. The van der Waals surface area contributed by atoms with E-state index in [4.69, 9.17) is 9.47 Å². The van der Waals surface area contributed by atoms with E-state index in [9.17, 15) is 4.79 Å². The molecule has 0 unspecified atom stereocenters. The second-order valence-corrected chi connectivity index (χ2v) is 4.21. The third-order valence-electron chi connectivity index (χ3n) is 2.96. The average molecular weight is 247 g/mol. The molecule has 1 aliphatic heterocycles. The number of ketones is 1. The van der Waals surface area contributed by atoms with Crippen molar-refractivity contribution in [3.63, 3.8) is 0 Å². The van der Waals surface area contributed by atoms with Crippen molar-refractivity contribution in [1.82, 2.24) is 5.32 Å². The van der Waals surface area contributed by atoms with Gasteiger partial charge in [0.25, 0.3) is 0 Å². The molecule has 0 bridgehead atoms. The number of ether oxygens (including phenoxy) is 2. The van der Waals surface area contributed by atoms with Crippen LogP contribution in [0.2, 0.25) is 0 Å². The molecule has 4 nitrogen and oxygen atoms in total. The second-order valence-electron chi connectivity index (χ2n) is 4.21. The summed E-state index contributed by atoms with van der Waals surface area (Å²) in [7, 11) is 3.23. The smallest absolute Gasteiger partial charge is 0.161 e. The number of benzene rings is 1. The zero-order chi connectivity index (χ0) is 13.1. The third-order valence-corrected chi connectivity index (χ3v) is 2.96. The normalized spacial score (nSPS) is 15.8. The van der Waals surface area contributed by atoms with Gasteiger partial charge < -0.3 is 14.8 Å². The second kappa shape index (κ2) is 5.12. The molecule has 0 saturated heterocycles. The first-order valence-electron chi connectivity index (χ1n) is 5.87. The highest BCUT2D eigenvalue weighted by molar-refractivity contribution is 5.95. The van der Waals surface area contributed by atoms with Crippen molar-refractivity contribution in [2.75, 3.05) is 20.8 Å². The van der Waals surface area contributed by atoms with Crippen molar-refractivity contribution in [3.05, 3.63) is 29.3 Å². The van der Waals surface area contributed by atoms with Gasteiger partial charge in [0.15, 0.2) is 17.3 Å². The number of fused-ring (bicyclic) bond motifs is 1. The van der Waals surface area contributed by atoms with E-state index in [1.807, 2.05) is 12.1 Å². The number of carbonyl (C=O) groups excluding carboxylic acids is 1. The van der Waals surface area contributed by atoms with Crippen LogP contribution >= 0.6 is 0 Å². The van der Waals surface area contributed by atoms with E-state index >= 15 is 0 Å². The Morgan fingerprint density at radius 3 is 2.56 bits per heavy atom. The predicted molar refractivity (Wildman–Crippen MR) is 69.9 cm³/mol. The van der Waals surface area contributed by atoms with Gasteiger partial charge in [0.05, 0.1) is 14.2 Å². The molecule has 0 aromatic heterocycles. The lowest BCUT2D eigenvalue weighted by atomic mass is 9.96. The molecule has 0 atom stereocenters. The van der Waals surface area contributed by atoms with Gasteiger partial charge in [-0.1, -0.05) is 0 Å². The van der Waals surface area contributed by atoms with Gasteiger partial charge in [0, 0.05) is 23.9 Å². The van der Waals surface area contributed by atoms with Crippen molar-refractivity contribution in [3.8, 4) is 11.5 Å². The third kappa shape index (κ3) is 2.32. The lowest BCUT2D eigenvalue weighted by Gasteiger charge is -2.22. The Morgan fingerprint density at radius 1 is 1.28 bits per heavy atom. The van der Waals surface area contributed by atoms with Crippen molar-refractivity contribution in [1.29, 1.82) is 0 Å². The molecule has 1 aromatic rings. The molecule has 2 rings (SSSR count). The van der Waals surface area contributed by atoms with Crippen LogP contribution in [0.1, 0.15) is 18.1 Å². The molecular formula is C14H17NO3. The molecule has 0 radical (unpaired) electrons. The summed E-state index contributed by atoms with van der Waals surface area (Å²) >= 11 is 0. The maximum Gasteiger partial charge on any atom is 0.161 e. The summed E-state index contributed by atoms with van der Waals surface area (Å²) in [5.41, 5.74) is 3.03. The number of hydrogen-bond donors (Lipinski definition) is 1. The first-order valence-corrected chi connectivity index (χ1v) is 5.87. The van der Waals surface area contributed by atoms with Gasteiger partial charge in [-0.15, -0.1) is 0 Å². The number of allylic oxidation sites excluding steroid dienone is 1. The van der Waals surface area contributed by atoms with Crippen LogP contribution in [-0.4, -0.2) is 26.5 Å². The Balaban J connectivity index is 2.53. The number of methoxy groups -OCH3 is 2. The number of rotatable bonds is 3. The van der Waals surface area contributed by atoms with Gasteiger partial charge in [0.2, 0.25) is 0 Å². The average Bonchev–Trinajstić information content (AvgIpc) is 2.37. The van der Waals surface area contributed by atoms with E-state index in [0.29, 0.717) is 5.75 Å². The summed E-state index contributed by atoms with van der Waals surface area (Å²) in [6, 6.07) is 3.89. The minimum atomic E-state index is 0.0279. The highest BCUT2D eigenvalue weighted by atomic mass is 16.5. The predicted octanol–water partition coefficient (Wildman–Crippen LogP) is 1.78.